The van der Waals surface area contributed by atoms with E-state index in [0.29, 0.717) is 5.41 Å². The second-order valence-corrected chi connectivity index (χ2v) is 5.30. The summed E-state index contributed by atoms with van der Waals surface area (Å²) < 4.78 is 0. The molecule has 92 valence electrons. The van der Waals surface area contributed by atoms with Gasteiger partial charge in [0.1, 0.15) is 0 Å². The Kier molecular flexibility index (Phi) is 3.82. The average Bonchev–Trinajstić information content (AvgIpc) is 2.28. The predicted molar refractivity (Wildman–Crippen MR) is 62.5 cm³/mol. The average molecular weight is 226 g/mol. The molecule has 2 saturated heterocycles. The van der Waals surface area contributed by atoms with Gasteiger partial charge in [0.05, 0.1) is 6.42 Å². The Bertz CT molecular complexity index is 244. The normalized spacial score (nSPS) is 31.8. The molecule has 0 amide bonds. The van der Waals surface area contributed by atoms with Crippen molar-refractivity contribution in [2.75, 3.05) is 32.7 Å². The highest BCUT2D eigenvalue weighted by molar-refractivity contribution is 5.66. The maximum Gasteiger partial charge on any atom is 0.304 e. The van der Waals surface area contributed by atoms with Crippen molar-refractivity contribution in [1.29, 1.82) is 0 Å². The van der Waals surface area contributed by atoms with Gasteiger partial charge in [0.2, 0.25) is 0 Å². The number of aliphatic carboxylic acids is 1. The summed E-state index contributed by atoms with van der Waals surface area (Å²) in [7, 11) is 0. The van der Waals surface area contributed by atoms with Gasteiger partial charge in [-0.3, -0.25) is 4.79 Å². The smallest absolute Gasteiger partial charge is 0.304 e. The van der Waals surface area contributed by atoms with Crippen LogP contribution in [0.3, 0.4) is 0 Å². The maximum absolute atomic E-state index is 10.6. The zero-order chi connectivity index (χ0) is 11.4. The Morgan fingerprint density at radius 1 is 1.38 bits per heavy atom. The minimum absolute atomic E-state index is 0.281. The summed E-state index contributed by atoms with van der Waals surface area (Å²) in [6, 6.07) is 0. The SMILES string of the molecule is O=C(O)CCN1CCCC2(CCCNC2)C1. The first-order valence-electron chi connectivity index (χ1n) is 6.35. The highest BCUT2D eigenvalue weighted by atomic mass is 16.4. The van der Waals surface area contributed by atoms with Gasteiger partial charge in [0.15, 0.2) is 0 Å². The Balaban J connectivity index is 1.85. The van der Waals surface area contributed by atoms with Gasteiger partial charge in [-0.05, 0) is 44.2 Å². The van der Waals surface area contributed by atoms with Crippen LogP contribution in [0.1, 0.15) is 32.1 Å². The summed E-state index contributed by atoms with van der Waals surface area (Å²) in [6.45, 7) is 5.16. The molecule has 0 aromatic heterocycles. The molecule has 2 N–H and O–H groups in total. The van der Waals surface area contributed by atoms with Crippen LogP contribution < -0.4 is 5.32 Å². The largest absolute Gasteiger partial charge is 0.481 e. The number of carboxylic acid groups (broad SMARTS) is 1. The van der Waals surface area contributed by atoms with E-state index < -0.39 is 5.97 Å². The first-order valence-corrected chi connectivity index (χ1v) is 6.35. The summed E-state index contributed by atoms with van der Waals surface area (Å²) in [5, 5.41) is 12.2. The Morgan fingerprint density at radius 3 is 2.88 bits per heavy atom. The summed E-state index contributed by atoms with van der Waals surface area (Å²) in [5.74, 6) is -0.679. The first-order chi connectivity index (χ1) is 7.70. The Hall–Kier alpha value is -0.610. The molecule has 1 unspecified atom stereocenters. The number of carbonyl (C=O) groups is 1. The summed E-state index contributed by atoms with van der Waals surface area (Å²) in [4.78, 5) is 12.9. The molecule has 1 spiro atoms. The third-order valence-corrected chi connectivity index (χ3v) is 3.94. The lowest BCUT2D eigenvalue weighted by Crippen LogP contribution is -2.51. The molecule has 0 aromatic carbocycles. The van der Waals surface area contributed by atoms with Crippen LogP contribution in [0.15, 0.2) is 0 Å². The highest BCUT2D eigenvalue weighted by Gasteiger charge is 2.36. The maximum atomic E-state index is 10.6. The minimum atomic E-state index is -0.679. The lowest BCUT2D eigenvalue weighted by Gasteiger charge is -2.45. The molecule has 4 heteroatoms. The third-order valence-electron chi connectivity index (χ3n) is 3.94. The van der Waals surface area contributed by atoms with Crippen molar-refractivity contribution in [2.45, 2.75) is 32.1 Å². The molecule has 2 rings (SSSR count). The molecule has 2 aliphatic rings. The molecule has 16 heavy (non-hydrogen) atoms. The van der Waals surface area contributed by atoms with Crippen molar-refractivity contribution in [3.63, 3.8) is 0 Å². The third kappa shape index (κ3) is 2.95. The molecule has 0 bridgehead atoms. The molecule has 0 aromatic rings. The lowest BCUT2D eigenvalue weighted by atomic mass is 9.74. The van der Waals surface area contributed by atoms with Crippen molar-refractivity contribution in [2.24, 2.45) is 5.41 Å². The van der Waals surface area contributed by atoms with E-state index in [0.717, 1.165) is 32.7 Å². The summed E-state index contributed by atoms with van der Waals surface area (Å²) >= 11 is 0. The number of nitrogens with zero attached hydrogens (tertiary/aromatic N) is 1. The van der Waals surface area contributed by atoms with Gasteiger partial charge < -0.3 is 15.3 Å². The van der Waals surface area contributed by atoms with Crippen molar-refractivity contribution in [3.8, 4) is 0 Å². The van der Waals surface area contributed by atoms with Crippen LogP contribution in [0.2, 0.25) is 0 Å². The molecule has 1 atom stereocenters. The van der Waals surface area contributed by atoms with E-state index in [1.165, 1.54) is 25.7 Å². The number of hydrogen-bond donors (Lipinski definition) is 2. The molecule has 2 fully saturated rings. The number of hydrogen-bond acceptors (Lipinski definition) is 3. The van der Waals surface area contributed by atoms with E-state index in [1.807, 2.05) is 0 Å². The predicted octanol–water partition coefficient (Wildman–Crippen LogP) is 0.927. The number of piperidine rings is 2. The van der Waals surface area contributed by atoms with Crippen molar-refractivity contribution in [3.05, 3.63) is 0 Å². The number of likely N-dealkylation sites (tertiary alicyclic amines) is 1. The van der Waals surface area contributed by atoms with Gasteiger partial charge in [-0.15, -0.1) is 0 Å². The van der Waals surface area contributed by atoms with Crippen LogP contribution in [0.25, 0.3) is 0 Å². The second kappa shape index (κ2) is 5.15. The zero-order valence-electron chi connectivity index (χ0n) is 9.87. The topological polar surface area (TPSA) is 52.6 Å². The molecule has 0 saturated carbocycles. The van der Waals surface area contributed by atoms with Gasteiger partial charge in [0, 0.05) is 19.6 Å². The van der Waals surface area contributed by atoms with Gasteiger partial charge >= 0.3 is 5.97 Å². The van der Waals surface area contributed by atoms with Gasteiger partial charge in [-0.1, -0.05) is 0 Å². The van der Waals surface area contributed by atoms with Gasteiger partial charge in [0.25, 0.3) is 0 Å². The van der Waals surface area contributed by atoms with Crippen LogP contribution in [0.5, 0.6) is 0 Å². The summed E-state index contributed by atoms with van der Waals surface area (Å²) in [5.41, 5.74) is 0.439. The minimum Gasteiger partial charge on any atom is -0.481 e. The fourth-order valence-corrected chi connectivity index (χ4v) is 3.13. The van der Waals surface area contributed by atoms with E-state index in [-0.39, 0.29) is 6.42 Å². The Labute approximate surface area is 97.0 Å². The van der Waals surface area contributed by atoms with Crippen LogP contribution in [0.4, 0.5) is 0 Å². The van der Waals surface area contributed by atoms with Crippen molar-refractivity contribution >= 4 is 5.97 Å². The Morgan fingerprint density at radius 2 is 2.19 bits per heavy atom. The van der Waals surface area contributed by atoms with E-state index >= 15 is 0 Å². The van der Waals surface area contributed by atoms with Crippen molar-refractivity contribution in [1.82, 2.24) is 10.2 Å². The van der Waals surface area contributed by atoms with Crippen LogP contribution in [-0.2, 0) is 4.79 Å². The number of rotatable bonds is 3. The second-order valence-electron chi connectivity index (χ2n) is 5.30. The van der Waals surface area contributed by atoms with Gasteiger partial charge in [-0.25, -0.2) is 0 Å². The molecule has 0 aliphatic carbocycles. The van der Waals surface area contributed by atoms with Crippen LogP contribution >= 0.6 is 0 Å². The zero-order valence-corrected chi connectivity index (χ0v) is 9.87. The molecular weight excluding hydrogens is 204 g/mol. The van der Waals surface area contributed by atoms with E-state index in [2.05, 4.69) is 10.2 Å². The number of carboxylic acids is 1. The fraction of sp³-hybridized carbons (Fsp3) is 0.917. The van der Waals surface area contributed by atoms with Gasteiger partial charge in [-0.2, -0.15) is 0 Å². The molecule has 2 heterocycles. The summed E-state index contributed by atoms with van der Waals surface area (Å²) in [6.07, 6.45) is 5.39. The molecule has 4 nitrogen and oxygen atoms in total. The lowest BCUT2D eigenvalue weighted by molar-refractivity contribution is -0.137. The molecule has 0 radical (unpaired) electrons. The van der Waals surface area contributed by atoms with E-state index in [9.17, 15) is 4.79 Å². The van der Waals surface area contributed by atoms with Crippen molar-refractivity contribution < 1.29 is 9.90 Å². The first kappa shape index (κ1) is 11.9. The highest BCUT2D eigenvalue weighted by Crippen LogP contribution is 2.35. The number of nitrogens with one attached hydrogen (secondary N) is 1. The standard InChI is InChI=1S/C12H22N2O2/c15-11(16)3-8-14-7-2-5-12(10-14)4-1-6-13-9-12/h13H,1-10H2,(H,15,16). The van der Waals surface area contributed by atoms with E-state index in [1.54, 1.807) is 0 Å². The quantitative estimate of drug-likeness (QED) is 0.751. The molecular formula is C12H22N2O2. The molecule has 2 aliphatic heterocycles. The van der Waals surface area contributed by atoms with E-state index in [4.69, 9.17) is 5.11 Å². The fourth-order valence-electron chi connectivity index (χ4n) is 3.13. The monoisotopic (exact) mass is 226 g/mol. The van der Waals surface area contributed by atoms with Crippen LogP contribution in [-0.4, -0.2) is 48.7 Å². The van der Waals surface area contributed by atoms with Crippen LogP contribution in [0, 0.1) is 5.41 Å².